The summed E-state index contributed by atoms with van der Waals surface area (Å²) in [6.45, 7) is 4.13. The van der Waals surface area contributed by atoms with E-state index in [1.54, 1.807) is 4.90 Å². The number of amides is 1. The Hall–Kier alpha value is -1.85. The molecular weight excluding hydrogens is 222 g/mol. The lowest BCUT2D eigenvalue weighted by Gasteiger charge is -2.13. The molecule has 0 bridgehead atoms. The van der Waals surface area contributed by atoms with Gasteiger partial charge in [0, 0.05) is 24.2 Å². The van der Waals surface area contributed by atoms with Crippen molar-refractivity contribution in [2.24, 2.45) is 5.92 Å². The van der Waals surface area contributed by atoms with Gasteiger partial charge in [-0.15, -0.1) is 0 Å². The van der Waals surface area contributed by atoms with Gasteiger partial charge in [0.25, 0.3) is 0 Å². The van der Waals surface area contributed by atoms with Gasteiger partial charge in [0.05, 0.1) is 13.0 Å². The number of nitrogens with zero attached hydrogens (tertiary/aromatic N) is 2. The summed E-state index contributed by atoms with van der Waals surface area (Å²) in [4.78, 5) is 24.8. The van der Waals surface area contributed by atoms with Crippen LogP contribution in [0.25, 0.3) is 0 Å². The number of esters is 1. The van der Waals surface area contributed by atoms with Crippen molar-refractivity contribution in [3.63, 3.8) is 0 Å². The molecule has 1 saturated heterocycles. The highest BCUT2D eigenvalue weighted by Crippen LogP contribution is 2.27. The van der Waals surface area contributed by atoms with Crippen molar-refractivity contribution in [3.8, 4) is 0 Å². The van der Waals surface area contributed by atoms with E-state index >= 15 is 0 Å². The number of aryl methyl sites for hydroxylation is 1. The third kappa shape index (κ3) is 1.90. The predicted molar refractivity (Wildman–Crippen MR) is 60.5 cm³/mol. The van der Waals surface area contributed by atoms with Crippen molar-refractivity contribution < 1.29 is 14.3 Å². The van der Waals surface area contributed by atoms with E-state index in [4.69, 9.17) is 0 Å². The molecule has 1 aromatic heterocycles. The maximum absolute atomic E-state index is 11.8. The second-order valence-electron chi connectivity index (χ2n) is 4.23. The van der Waals surface area contributed by atoms with E-state index in [-0.39, 0.29) is 24.2 Å². The SMILES string of the molecule is COC(=O)C1CC(=O)N(c2n[nH]c(C)c2C)C1. The summed E-state index contributed by atoms with van der Waals surface area (Å²) in [6.07, 6.45) is 0.192. The van der Waals surface area contributed by atoms with E-state index in [0.717, 1.165) is 11.3 Å². The number of hydrogen-bond donors (Lipinski definition) is 1. The smallest absolute Gasteiger partial charge is 0.311 e. The number of hydrogen-bond acceptors (Lipinski definition) is 4. The molecule has 17 heavy (non-hydrogen) atoms. The average Bonchev–Trinajstić information content (AvgIpc) is 2.83. The van der Waals surface area contributed by atoms with Crippen LogP contribution in [0.2, 0.25) is 0 Å². The molecule has 1 aliphatic rings. The first-order valence-corrected chi connectivity index (χ1v) is 5.44. The largest absolute Gasteiger partial charge is 0.469 e. The normalized spacial score (nSPS) is 19.8. The molecule has 6 heteroatoms. The fraction of sp³-hybridized carbons (Fsp3) is 0.545. The molecular formula is C11H15N3O3. The average molecular weight is 237 g/mol. The summed E-state index contributed by atoms with van der Waals surface area (Å²) < 4.78 is 4.66. The minimum absolute atomic E-state index is 0.0880. The summed E-state index contributed by atoms with van der Waals surface area (Å²) in [6, 6.07) is 0. The topological polar surface area (TPSA) is 75.3 Å². The fourth-order valence-electron chi connectivity index (χ4n) is 1.97. The van der Waals surface area contributed by atoms with Crippen molar-refractivity contribution in [1.29, 1.82) is 0 Å². The third-order valence-corrected chi connectivity index (χ3v) is 3.14. The molecule has 92 valence electrons. The van der Waals surface area contributed by atoms with Crippen LogP contribution in [0.1, 0.15) is 17.7 Å². The Morgan fingerprint density at radius 3 is 2.76 bits per heavy atom. The molecule has 1 atom stereocenters. The van der Waals surface area contributed by atoms with Crippen LogP contribution in [0.4, 0.5) is 5.82 Å². The molecule has 1 aliphatic heterocycles. The van der Waals surface area contributed by atoms with Crippen LogP contribution in [-0.2, 0) is 14.3 Å². The highest BCUT2D eigenvalue weighted by molar-refractivity contribution is 5.99. The van der Waals surface area contributed by atoms with E-state index in [1.165, 1.54) is 7.11 Å². The Morgan fingerprint density at radius 1 is 1.53 bits per heavy atom. The molecule has 1 N–H and O–H groups in total. The van der Waals surface area contributed by atoms with Gasteiger partial charge in [0.2, 0.25) is 5.91 Å². The van der Waals surface area contributed by atoms with Gasteiger partial charge in [0.1, 0.15) is 0 Å². The van der Waals surface area contributed by atoms with Crippen molar-refractivity contribution in [3.05, 3.63) is 11.3 Å². The fourth-order valence-corrected chi connectivity index (χ4v) is 1.97. The molecule has 1 fully saturated rings. The zero-order chi connectivity index (χ0) is 12.6. The minimum atomic E-state index is -0.385. The number of ether oxygens (including phenoxy) is 1. The molecule has 1 unspecified atom stereocenters. The van der Waals surface area contributed by atoms with Crippen molar-refractivity contribution >= 4 is 17.7 Å². The van der Waals surface area contributed by atoms with Crippen LogP contribution < -0.4 is 4.90 Å². The summed E-state index contributed by atoms with van der Waals surface area (Å²) in [5, 5.41) is 6.93. The number of carbonyl (C=O) groups excluding carboxylic acids is 2. The van der Waals surface area contributed by atoms with E-state index in [9.17, 15) is 9.59 Å². The monoisotopic (exact) mass is 237 g/mol. The standard InChI is InChI=1S/C11H15N3O3/c1-6-7(2)12-13-10(6)14-5-8(4-9(14)15)11(16)17-3/h8H,4-5H2,1-3H3,(H,12,13). The number of anilines is 1. The lowest BCUT2D eigenvalue weighted by atomic mass is 10.1. The number of rotatable bonds is 2. The Bertz CT molecular complexity index is 467. The lowest BCUT2D eigenvalue weighted by molar-refractivity contribution is -0.145. The maximum Gasteiger partial charge on any atom is 0.311 e. The number of aromatic nitrogens is 2. The van der Waals surface area contributed by atoms with Gasteiger partial charge in [-0.05, 0) is 13.8 Å². The Balaban J connectivity index is 2.21. The van der Waals surface area contributed by atoms with Gasteiger partial charge in [-0.25, -0.2) is 0 Å². The minimum Gasteiger partial charge on any atom is -0.469 e. The zero-order valence-electron chi connectivity index (χ0n) is 10.1. The quantitative estimate of drug-likeness (QED) is 0.762. The second-order valence-corrected chi connectivity index (χ2v) is 4.23. The van der Waals surface area contributed by atoms with Crippen LogP contribution in [-0.4, -0.2) is 35.7 Å². The Morgan fingerprint density at radius 2 is 2.24 bits per heavy atom. The van der Waals surface area contributed by atoms with Gasteiger partial charge < -0.3 is 4.74 Å². The molecule has 0 aromatic carbocycles. The molecule has 6 nitrogen and oxygen atoms in total. The highest BCUT2D eigenvalue weighted by atomic mass is 16.5. The molecule has 1 aromatic rings. The first kappa shape index (κ1) is 11.6. The molecule has 2 heterocycles. The summed E-state index contributed by atoms with van der Waals surface area (Å²) >= 11 is 0. The highest BCUT2D eigenvalue weighted by Gasteiger charge is 2.37. The number of aromatic amines is 1. The second kappa shape index (κ2) is 4.20. The van der Waals surface area contributed by atoms with Gasteiger partial charge in [-0.1, -0.05) is 0 Å². The number of nitrogens with one attached hydrogen (secondary N) is 1. The van der Waals surface area contributed by atoms with Crippen LogP contribution in [0.15, 0.2) is 0 Å². The van der Waals surface area contributed by atoms with Crippen LogP contribution in [0.5, 0.6) is 0 Å². The van der Waals surface area contributed by atoms with Crippen molar-refractivity contribution in [1.82, 2.24) is 10.2 Å². The predicted octanol–water partition coefficient (Wildman–Crippen LogP) is 0.552. The van der Waals surface area contributed by atoms with Crippen molar-refractivity contribution in [2.45, 2.75) is 20.3 Å². The van der Waals surface area contributed by atoms with Gasteiger partial charge in [-0.2, -0.15) is 5.10 Å². The first-order valence-electron chi connectivity index (χ1n) is 5.44. The van der Waals surface area contributed by atoms with Crippen LogP contribution >= 0.6 is 0 Å². The van der Waals surface area contributed by atoms with E-state index < -0.39 is 0 Å². The Kier molecular flexibility index (Phi) is 2.87. The van der Waals surface area contributed by atoms with Crippen molar-refractivity contribution in [2.75, 3.05) is 18.6 Å². The summed E-state index contributed by atoms with van der Waals surface area (Å²) in [5.74, 6) is -0.205. The van der Waals surface area contributed by atoms with Crippen LogP contribution in [0.3, 0.4) is 0 Å². The first-order chi connectivity index (χ1) is 8.04. The van der Waals surface area contributed by atoms with E-state index in [0.29, 0.717) is 12.4 Å². The number of methoxy groups -OCH3 is 1. The van der Waals surface area contributed by atoms with Gasteiger partial charge in [-0.3, -0.25) is 19.6 Å². The van der Waals surface area contributed by atoms with Crippen LogP contribution in [0, 0.1) is 19.8 Å². The summed E-state index contributed by atoms with van der Waals surface area (Å²) in [7, 11) is 1.33. The van der Waals surface area contributed by atoms with Gasteiger partial charge >= 0.3 is 5.97 Å². The lowest BCUT2D eigenvalue weighted by Crippen LogP contribution is -2.27. The third-order valence-electron chi connectivity index (χ3n) is 3.14. The number of carbonyl (C=O) groups is 2. The molecule has 0 aliphatic carbocycles. The molecule has 0 radical (unpaired) electrons. The molecule has 0 spiro atoms. The Labute approximate surface area is 98.9 Å². The number of H-pyrrole nitrogens is 1. The van der Waals surface area contributed by atoms with E-state index in [2.05, 4.69) is 14.9 Å². The molecule has 2 rings (SSSR count). The summed E-state index contributed by atoms with van der Waals surface area (Å²) in [5.41, 5.74) is 1.86. The molecule has 1 amide bonds. The van der Waals surface area contributed by atoms with Gasteiger partial charge in [0.15, 0.2) is 5.82 Å². The zero-order valence-corrected chi connectivity index (χ0v) is 10.1. The van der Waals surface area contributed by atoms with E-state index in [1.807, 2.05) is 13.8 Å². The maximum atomic E-state index is 11.8. The molecule has 0 saturated carbocycles.